The van der Waals surface area contributed by atoms with Crippen LogP contribution in [0.5, 0.6) is 23.0 Å². The number of phenolic OH excluding ortho intramolecular Hbond substituents is 1. The lowest BCUT2D eigenvalue weighted by Crippen LogP contribution is -2.26. The molecule has 25 heavy (non-hydrogen) atoms. The Kier molecular flexibility index (Phi) is 4.11. The summed E-state index contributed by atoms with van der Waals surface area (Å²) in [5, 5.41) is 19.4. The van der Waals surface area contributed by atoms with Crippen molar-refractivity contribution >= 4 is 11.6 Å². The van der Waals surface area contributed by atoms with E-state index in [1.165, 1.54) is 38.4 Å². The topological polar surface area (TPSA) is 92.0 Å². The van der Waals surface area contributed by atoms with Crippen LogP contribution in [0.25, 0.3) is 0 Å². The molecule has 0 saturated heterocycles. The minimum atomic E-state index is -0.877. The summed E-state index contributed by atoms with van der Waals surface area (Å²) in [4.78, 5) is 14.4. The zero-order valence-electron chi connectivity index (χ0n) is 13.9. The van der Waals surface area contributed by atoms with Gasteiger partial charge in [-0.1, -0.05) is 6.07 Å². The number of aromatic hydroxyl groups is 1. The molecule has 1 atom stereocenters. The van der Waals surface area contributed by atoms with Gasteiger partial charge in [-0.3, -0.25) is 9.69 Å². The van der Waals surface area contributed by atoms with Gasteiger partial charge in [-0.25, -0.2) is 0 Å². The molecule has 7 heteroatoms. The molecule has 2 aromatic carbocycles. The maximum absolute atomic E-state index is 13.0. The highest BCUT2D eigenvalue weighted by molar-refractivity contribution is 6.14. The zero-order chi connectivity index (χ0) is 18.1. The van der Waals surface area contributed by atoms with Crippen LogP contribution in [0, 0.1) is 11.3 Å². The van der Waals surface area contributed by atoms with Gasteiger partial charge in [-0.15, -0.1) is 0 Å². The van der Waals surface area contributed by atoms with Crippen molar-refractivity contribution in [1.29, 1.82) is 5.26 Å². The molecule has 1 amide bonds. The summed E-state index contributed by atoms with van der Waals surface area (Å²) in [6.07, 6.45) is 0. The molecule has 2 aromatic rings. The molecule has 128 valence electrons. The number of methoxy groups -OCH3 is 3. The van der Waals surface area contributed by atoms with Gasteiger partial charge in [0.15, 0.2) is 17.5 Å². The van der Waals surface area contributed by atoms with E-state index >= 15 is 0 Å². The molecule has 0 saturated carbocycles. The van der Waals surface area contributed by atoms with Gasteiger partial charge in [0.1, 0.15) is 5.75 Å². The SMILES string of the molecule is COc1cc2c(c(OC)c1OC)C(=O)N(c1cccc(O)c1)C2C#N. The fraction of sp³-hybridized carbons (Fsp3) is 0.222. The number of benzene rings is 2. The number of rotatable bonds is 4. The van der Waals surface area contributed by atoms with Crippen LogP contribution in [0.2, 0.25) is 0 Å². The van der Waals surface area contributed by atoms with Crippen LogP contribution in [0.4, 0.5) is 5.69 Å². The van der Waals surface area contributed by atoms with Crippen molar-refractivity contribution in [2.75, 3.05) is 26.2 Å². The first-order valence-electron chi connectivity index (χ1n) is 7.42. The average Bonchev–Trinajstić information content (AvgIpc) is 2.91. The molecule has 1 N–H and O–H groups in total. The predicted molar refractivity (Wildman–Crippen MR) is 89.4 cm³/mol. The number of ether oxygens (including phenoxy) is 3. The monoisotopic (exact) mass is 340 g/mol. The molecule has 0 bridgehead atoms. The van der Waals surface area contributed by atoms with Crippen LogP contribution in [0.1, 0.15) is 22.0 Å². The molecule has 1 aliphatic rings. The van der Waals surface area contributed by atoms with Crippen molar-refractivity contribution in [1.82, 2.24) is 0 Å². The summed E-state index contributed by atoms with van der Waals surface area (Å²) in [6, 6.07) is 9.03. The Bertz CT molecular complexity index is 888. The summed E-state index contributed by atoms with van der Waals surface area (Å²) < 4.78 is 16.0. The maximum atomic E-state index is 13.0. The highest BCUT2D eigenvalue weighted by Crippen LogP contribution is 2.49. The second-order valence-electron chi connectivity index (χ2n) is 5.34. The predicted octanol–water partition coefficient (Wildman–Crippen LogP) is 2.64. The summed E-state index contributed by atoms with van der Waals surface area (Å²) in [5.41, 5.74) is 1.12. The minimum absolute atomic E-state index is 0.0000667. The Morgan fingerprint density at radius 2 is 1.84 bits per heavy atom. The second kappa shape index (κ2) is 6.24. The highest BCUT2D eigenvalue weighted by atomic mass is 16.5. The van der Waals surface area contributed by atoms with E-state index in [9.17, 15) is 15.2 Å². The van der Waals surface area contributed by atoms with Gasteiger partial charge < -0.3 is 19.3 Å². The molecule has 1 aliphatic heterocycles. The lowest BCUT2D eigenvalue weighted by Gasteiger charge is -2.20. The van der Waals surface area contributed by atoms with Gasteiger partial charge in [-0.2, -0.15) is 5.26 Å². The number of hydrogen-bond acceptors (Lipinski definition) is 6. The summed E-state index contributed by atoms with van der Waals surface area (Å²) in [6.45, 7) is 0. The summed E-state index contributed by atoms with van der Waals surface area (Å²) in [5.74, 6) is 0.449. The second-order valence-corrected chi connectivity index (χ2v) is 5.34. The van der Waals surface area contributed by atoms with Gasteiger partial charge in [0.25, 0.3) is 5.91 Å². The largest absolute Gasteiger partial charge is 0.508 e. The van der Waals surface area contributed by atoms with Gasteiger partial charge in [-0.05, 0) is 18.2 Å². The lowest BCUT2D eigenvalue weighted by molar-refractivity contribution is 0.0991. The van der Waals surface area contributed by atoms with Crippen molar-refractivity contribution < 1.29 is 24.1 Å². The quantitative estimate of drug-likeness (QED) is 0.920. The number of nitriles is 1. The van der Waals surface area contributed by atoms with Crippen LogP contribution in [0.3, 0.4) is 0 Å². The normalized spacial score (nSPS) is 15.5. The highest BCUT2D eigenvalue weighted by Gasteiger charge is 2.42. The number of phenols is 1. The van der Waals surface area contributed by atoms with E-state index in [4.69, 9.17) is 14.2 Å². The van der Waals surface area contributed by atoms with Crippen LogP contribution in [0.15, 0.2) is 30.3 Å². The maximum Gasteiger partial charge on any atom is 0.264 e. The first-order valence-corrected chi connectivity index (χ1v) is 7.42. The van der Waals surface area contributed by atoms with Gasteiger partial charge in [0.05, 0.1) is 33.0 Å². The number of anilines is 1. The van der Waals surface area contributed by atoms with Crippen LogP contribution in [-0.2, 0) is 0 Å². The van der Waals surface area contributed by atoms with Crippen molar-refractivity contribution in [2.24, 2.45) is 0 Å². The Balaban J connectivity index is 2.26. The number of amides is 1. The molecular formula is C18H16N2O5. The number of carbonyl (C=O) groups excluding carboxylic acids is 1. The van der Waals surface area contributed by atoms with Gasteiger partial charge in [0.2, 0.25) is 5.75 Å². The molecule has 0 fully saturated rings. The molecule has 7 nitrogen and oxygen atoms in total. The Labute approximate surface area is 144 Å². The van der Waals surface area contributed by atoms with Crippen molar-refractivity contribution in [2.45, 2.75) is 6.04 Å². The molecule has 1 heterocycles. The third kappa shape index (κ3) is 2.39. The van der Waals surface area contributed by atoms with E-state index < -0.39 is 11.9 Å². The Hall–Kier alpha value is -3.40. The third-order valence-corrected chi connectivity index (χ3v) is 4.08. The third-order valence-electron chi connectivity index (χ3n) is 4.08. The minimum Gasteiger partial charge on any atom is -0.508 e. The number of fused-ring (bicyclic) bond motifs is 1. The fourth-order valence-corrected chi connectivity index (χ4v) is 3.02. The smallest absolute Gasteiger partial charge is 0.264 e. The van der Waals surface area contributed by atoms with Crippen molar-refractivity contribution in [3.05, 3.63) is 41.5 Å². The first-order chi connectivity index (χ1) is 12.1. The molecule has 0 spiro atoms. The standard InChI is InChI=1S/C18H16N2O5/c1-23-14-8-12-13(9-19)20(10-5-4-6-11(21)7-10)18(22)15(12)17(25-3)16(14)24-2/h4-8,13,21H,1-3H3. The van der Waals surface area contributed by atoms with Gasteiger partial charge in [0, 0.05) is 17.3 Å². The van der Waals surface area contributed by atoms with Crippen LogP contribution >= 0.6 is 0 Å². The average molecular weight is 340 g/mol. The number of nitrogens with zero attached hydrogens (tertiary/aromatic N) is 2. The van der Waals surface area contributed by atoms with E-state index in [2.05, 4.69) is 6.07 Å². The zero-order valence-corrected chi connectivity index (χ0v) is 13.9. The van der Waals surface area contributed by atoms with Crippen molar-refractivity contribution in [3.8, 4) is 29.1 Å². The summed E-state index contributed by atoms with van der Waals surface area (Å²) in [7, 11) is 4.33. The Morgan fingerprint density at radius 1 is 1.12 bits per heavy atom. The van der Waals surface area contributed by atoms with Crippen LogP contribution in [-0.4, -0.2) is 32.3 Å². The molecule has 1 unspecified atom stereocenters. The van der Waals surface area contributed by atoms with E-state index in [1.54, 1.807) is 18.2 Å². The molecular weight excluding hydrogens is 324 g/mol. The molecule has 0 radical (unpaired) electrons. The number of carbonyl (C=O) groups is 1. The molecule has 3 rings (SSSR count). The van der Waals surface area contributed by atoms with E-state index in [-0.39, 0.29) is 22.8 Å². The van der Waals surface area contributed by atoms with Gasteiger partial charge >= 0.3 is 0 Å². The summed E-state index contributed by atoms with van der Waals surface area (Å²) >= 11 is 0. The fourth-order valence-electron chi connectivity index (χ4n) is 3.02. The first kappa shape index (κ1) is 16.5. The van der Waals surface area contributed by atoms with Crippen molar-refractivity contribution in [3.63, 3.8) is 0 Å². The van der Waals surface area contributed by atoms with Crippen LogP contribution < -0.4 is 19.1 Å². The van der Waals surface area contributed by atoms with E-state index in [0.717, 1.165) is 0 Å². The number of hydrogen-bond donors (Lipinski definition) is 1. The van der Waals surface area contributed by atoms with E-state index in [1.807, 2.05) is 0 Å². The Morgan fingerprint density at radius 3 is 2.40 bits per heavy atom. The molecule has 0 aliphatic carbocycles. The van der Waals surface area contributed by atoms with E-state index in [0.29, 0.717) is 17.0 Å². The lowest BCUT2D eigenvalue weighted by atomic mass is 10.0. The molecule has 0 aromatic heterocycles.